The first-order chi connectivity index (χ1) is 14.5. The third-order valence-electron chi connectivity index (χ3n) is 4.04. The van der Waals surface area contributed by atoms with Crippen LogP contribution in [0.3, 0.4) is 0 Å². The number of hydrogen-bond acceptors (Lipinski definition) is 10. The van der Waals surface area contributed by atoms with Crippen molar-refractivity contribution in [3.05, 3.63) is 24.3 Å². The molecule has 1 aliphatic heterocycles. The van der Waals surface area contributed by atoms with Gasteiger partial charge in [-0.2, -0.15) is 4.31 Å². The molecule has 30 heavy (non-hydrogen) atoms. The molecular formula is C17H23N5O5S3. The smallest absolute Gasteiger partial charge is 0.243 e. The number of carbonyl (C=O) groups excluding carboxylic acids is 1. The van der Waals surface area contributed by atoms with E-state index in [2.05, 4.69) is 20.8 Å². The van der Waals surface area contributed by atoms with Gasteiger partial charge in [-0.05, 0) is 18.2 Å². The molecule has 1 aromatic heterocycles. The summed E-state index contributed by atoms with van der Waals surface area (Å²) in [5.74, 6) is -0.127. The van der Waals surface area contributed by atoms with Crippen LogP contribution in [0.25, 0.3) is 0 Å². The van der Waals surface area contributed by atoms with E-state index < -0.39 is 10.0 Å². The molecule has 164 valence electrons. The summed E-state index contributed by atoms with van der Waals surface area (Å²) in [5, 5.41) is 14.5. The van der Waals surface area contributed by atoms with Crippen LogP contribution >= 0.6 is 23.1 Å². The van der Waals surface area contributed by atoms with Gasteiger partial charge in [0.25, 0.3) is 0 Å². The number of ether oxygens (including phenoxy) is 2. The van der Waals surface area contributed by atoms with Gasteiger partial charge in [-0.25, -0.2) is 8.42 Å². The number of amides is 1. The summed E-state index contributed by atoms with van der Waals surface area (Å²) >= 11 is 2.61. The molecule has 1 amide bonds. The van der Waals surface area contributed by atoms with Crippen molar-refractivity contribution in [2.24, 2.45) is 0 Å². The highest BCUT2D eigenvalue weighted by Crippen LogP contribution is 2.26. The Balaban J connectivity index is 1.54. The molecule has 3 rings (SSSR count). The van der Waals surface area contributed by atoms with Gasteiger partial charge in [0.05, 0.1) is 30.5 Å². The number of aromatic nitrogens is 2. The van der Waals surface area contributed by atoms with Crippen molar-refractivity contribution in [3.63, 3.8) is 0 Å². The SMILES string of the molecule is COCCNc1nnc(SCC(=O)Nc2cccc(S(=O)(=O)N3CCOCC3)c2)s1. The van der Waals surface area contributed by atoms with Crippen LogP contribution in [-0.4, -0.2) is 81.1 Å². The van der Waals surface area contributed by atoms with Gasteiger partial charge in [0.1, 0.15) is 0 Å². The second-order valence-corrected chi connectivity index (χ2v) is 10.3. The van der Waals surface area contributed by atoms with Crippen LogP contribution in [0.15, 0.2) is 33.5 Å². The van der Waals surface area contributed by atoms with Gasteiger partial charge in [0.15, 0.2) is 4.34 Å². The van der Waals surface area contributed by atoms with Crippen molar-refractivity contribution in [1.29, 1.82) is 0 Å². The molecule has 0 saturated carbocycles. The molecule has 0 spiro atoms. The number of benzene rings is 1. The van der Waals surface area contributed by atoms with Gasteiger partial charge in [-0.1, -0.05) is 29.2 Å². The van der Waals surface area contributed by atoms with Crippen LogP contribution in [0, 0.1) is 0 Å². The van der Waals surface area contributed by atoms with E-state index in [0.717, 1.165) is 0 Å². The highest BCUT2D eigenvalue weighted by Gasteiger charge is 2.26. The molecule has 0 bridgehead atoms. The number of thioether (sulfide) groups is 1. The molecule has 13 heteroatoms. The minimum Gasteiger partial charge on any atom is -0.383 e. The van der Waals surface area contributed by atoms with Crippen molar-refractivity contribution < 1.29 is 22.7 Å². The fourth-order valence-electron chi connectivity index (χ4n) is 2.59. The molecule has 2 N–H and O–H groups in total. The number of rotatable bonds is 10. The summed E-state index contributed by atoms with van der Waals surface area (Å²) in [7, 11) is -2.00. The number of hydrogen-bond donors (Lipinski definition) is 2. The fourth-order valence-corrected chi connectivity index (χ4v) is 5.63. The first-order valence-electron chi connectivity index (χ1n) is 9.16. The zero-order chi connectivity index (χ0) is 21.4. The number of morpholine rings is 1. The van der Waals surface area contributed by atoms with Gasteiger partial charge >= 0.3 is 0 Å². The van der Waals surface area contributed by atoms with E-state index in [1.807, 2.05) is 0 Å². The van der Waals surface area contributed by atoms with Crippen LogP contribution < -0.4 is 10.6 Å². The molecule has 10 nitrogen and oxygen atoms in total. The first kappa shape index (κ1) is 22.9. The maximum absolute atomic E-state index is 12.8. The lowest BCUT2D eigenvalue weighted by atomic mass is 10.3. The Hall–Kier alpha value is -1.77. The van der Waals surface area contributed by atoms with Gasteiger partial charge < -0.3 is 20.1 Å². The van der Waals surface area contributed by atoms with Crippen LogP contribution in [-0.2, 0) is 24.3 Å². The zero-order valence-corrected chi connectivity index (χ0v) is 18.8. The molecule has 0 aliphatic carbocycles. The van der Waals surface area contributed by atoms with E-state index in [1.165, 1.54) is 39.5 Å². The Kier molecular flexibility index (Phi) is 8.41. The lowest BCUT2D eigenvalue weighted by Crippen LogP contribution is -2.40. The standard InChI is InChI=1S/C17H23N5O5S3/c1-26-8-5-18-16-20-21-17(29-16)28-12-15(23)19-13-3-2-4-14(11-13)30(24,25)22-6-9-27-10-7-22/h2-4,11H,5-10,12H2,1H3,(H,18,20)(H,19,23). The van der Waals surface area contributed by atoms with Crippen LogP contribution in [0.5, 0.6) is 0 Å². The molecule has 1 fully saturated rings. The van der Waals surface area contributed by atoms with Gasteiger partial charge in [-0.15, -0.1) is 10.2 Å². The first-order valence-corrected chi connectivity index (χ1v) is 12.4. The molecule has 0 atom stereocenters. The zero-order valence-electron chi connectivity index (χ0n) is 16.4. The Morgan fingerprint density at radius 1 is 1.33 bits per heavy atom. The van der Waals surface area contributed by atoms with Gasteiger partial charge in [-0.3, -0.25) is 4.79 Å². The van der Waals surface area contributed by atoms with Crippen molar-refractivity contribution in [2.75, 3.05) is 63.0 Å². The summed E-state index contributed by atoms with van der Waals surface area (Å²) in [6, 6.07) is 6.26. The quantitative estimate of drug-likeness (QED) is 0.389. The molecular weight excluding hydrogens is 450 g/mol. The average Bonchev–Trinajstić information content (AvgIpc) is 3.21. The average molecular weight is 474 g/mol. The van der Waals surface area contributed by atoms with Crippen LogP contribution in [0.2, 0.25) is 0 Å². The van der Waals surface area contributed by atoms with E-state index in [4.69, 9.17) is 9.47 Å². The van der Waals surface area contributed by atoms with Gasteiger partial charge in [0.2, 0.25) is 21.1 Å². The van der Waals surface area contributed by atoms with E-state index >= 15 is 0 Å². The summed E-state index contributed by atoms with van der Waals surface area (Å²) in [4.78, 5) is 12.4. The number of anilines is 2. The Bertz CT molecular complexity index is 947. The third kappa shape index (κ3) is 6.36. The normalized spacial score (nSPS) is 15.1. The molecule has 1 aliphatic rings. The minimum absolute atomic E-state index is 0.132. The summed E-state index contributed by atoms with van der Waals surface area (Å²) in [5.41, 5.74) is 0.425. The second-order valence-electron chi connectivity index (χ2n) is 6.17. The highest BCUT2D eigenvalue weighted by atomic mass is 32.2. The van der Waals surface area contributed by atoms with Gasteiger partial charge in [0, 0.05) is 32.4 Å². The summed E-state index contributed by atoms with van der Waals surface area (Å²) in [6.45, 7) is 2.58. The van der Waals surface area contributed by atoms with Crippen LogP contribution in [0.4, 0.5) is 10.8 Å². The topological polar surface area (TPSA) is 123 Å². The number of methoxy groups -OCH3 is 1. The van der Waals surface area contributed by atoms with E-state index in [1.54, 1.807) is 19.2 Å². The van der Waals surface area contributed by atoms with Crippen molar-refractivity contribution >= 4 is 49.8 Å². The molecule has 2 heterocycles. The maximum Gasteiger partial charge on any atom is 0.243 e. The van der Waals surface area contributed by atoms with E-state index in [-0.39, 0.29) is 16.6 Å². The maximum atomic E-state index is 12.8. The highest BCUT2D eigenvalue weighted by molar-refractivity contribution is 8.01. The molecule has 1 saturated heterocycles. The summed E-state index contributed by atoms with van der Waals surface area (Å²) in [6.07, 6.45) is 0. The second kappa shape index (κ2) is 11.0. The predicted octanol–water partition coefficient (Wildman–Crippen LogP) is 1.35. The van der Waals surface area contributed by atoms with E-state index in [9.17, 15) is 13.2 Å². The fraction of sp³-hybridized carbons (Fsp3) is 0.471. The Morgan fingerprint density at radius 3 is 2.90 bits per heavy atom. The summed E-state index contributed by atoms with van der Waals surface area (Å²) < 4.78 is 37.7. The van der Waals surface area contributed by atoms with Crippen molar-refractivity contribution in [2.45, 2.75) is 9.24 Å². The Morgan fingerprint density at radius 2 is 2.13 bits per heavy atom. The largest absolute Gasteiger partial charge is 0.383 e. The minimum atomic E-state index is -3.62. The van der Waals surface area contributed by atoms with Crippen LogP contribution in [0.1, 0.15) is 0 Å². The molecule has 2 aromatic rings. The Labute approximate surface area is 183 Å². The lowest BCUT2D eigenvalue weighted by Gasteiger charge is -2.26. The lowest BCUT2D eigenvalue weighted by molar-refractivity contribution is -0.113. The van der Waals surface area contributed by atoms with Crippen molar-refractivity contribution in [1.82, 2.24) is 14.5 Å². The number of carbonyl (C=O) groups is 1. The van der Waals surface area contributed by atoms with E-state index in [0.29, 0.717) is 54.6 Å². The third-order valence-corrected chi connectivity index (χ3v) is 7.95. The molecule has 0 unspecified atom stereocenters. The number of nitrogens with zero attached hydrogens (tertiary/aromatic N) is 3. The monoisotopic (exact) mass is 473 g/mol. The predicted molar refractivity (Wildman–Crippen MR) is 116 cm³/mol. The number of sulfonamides is 1. The molecule has 1 aromatic carbocycles. The number of nitrogens with one attached hydrogen (secondary N) is 2. The van der Waals surface area contributed by atoms with Crippen molar-refractivity contribution in [3.8, 4) is 0 Å². The molecule has 0 radical (unpaired) electrons.